The molecule has 0 radical (unpaired) electrons. The van der Waals surface area contributed by atoms with Gasteiger partial charge in [0.1, 0.15) is 0 Å². The predicted molar refractivity (Wildman–Crippen MR) is 71.6 cm³/mol. The maximum atomic E-state index is 5.53. The second-order valence-corrected chi connectivity index (χ2v) is 5.87. The topological polar surface area (TPSA) is 20.7 Å². The van der Waals surface area contributed by atoms with E-state index in [0.29, 0.717) is 6.04 Å². The summed E-state index contributed by atoms with van der Waals surface area (Å²) in [6, 6.07) is 9.16. The molecule has 2 aliphatic rings. The molecule has 3 heteroatoms. The summed E-state index contributed by atoms with van der Waals surface area (Å²) in [6.45, 7) is 0. The first-order chi connectivity index (χ1) is 8.34. The van der Waals surface area contributed by atoms with Crippen molar-refractivity contribution in [2.75, 3.05) is 0 Å². The molecule has 1 aromatic heterocycles. The Morgan fingerprint density at radius 2 is 1.76 bits per heavy atom. The molecule has 17 heavy (non-hydrogen) atoms. The molecule has 1 heterocycles. The van der Waals surface area contributed by atoms with Crippen LogP contribution in [0.25, 0.3) is 11.0 Å². The minimum atomic E-state index is 0.665. The van der Waals surface area contributed by atoms with Gasteiger partial charge in [0.05, 0.1) is 11.0 Å². The fourth-order valence-electron chi connectivity index (χ4n) is 3.05. The van der Waals surface area contributed by atoms with Gasteiger partial charge in [0.15, 0.2) is 4.77 Å². The third-order valence-corrected chi connectivity index (χ3v) is 4.43. The highest BCUT2D eigenvalue weighted by Crippen LogP contribution is 2.52. The van der Waals surface area contributed by atoms with Crippen LogP contribution in [0.2, 0.25) is 0 Å². The molecular formula is C14H16N2S. The highest BCUT2D eigenvalue weighted by Gasteiger charge is 2.43. The quantitative estimate of drug-likeness (QED) is 0.807. The molecule has 0 saturated heterocycles. The zero-order valence-electron chi connectivity index (χ0n) is 9.73. The van der Waals surface area contributed by atoms with Crippen molar-refractivity contribution in [3.05, 3.63) is 29.0 Å². The average Bonchev–Trinajstić information content (AvgIpc) is 3.21. The first-order valence-electron chi connectivity index (χ1n) is 6.54. The molecule has 0 atom stereocenters. The van der Waals surface area contributed by atoms with Gasteiger partial charge in [0.25, 0.3) is 0 Å². The Hall–Kier alpha value is -1.09. The minimum Gasteiger partial charge on any atom is -0.331 e. The number of H-pyrrole nitrogens is 1. The number of aromatic nitrogens is 2. The number of rotatable bonds is 3. The van der Waals surface area contributed by atoms with Gasteiger partial charge in [-0.25, -0.2) is 0 Å². The van der Waals surface area contributed by atoms with Gasteiger partial charge in [-0.3, -0.25) is 0 Å². The van der Waals surface area contributed by atoms with Gasteiger partial charge in [-0.05, 0) is 61.9 Å². The molecule has 2 aromatic rings. The Kier molecular flexibility index (Phi) is 2.01. The van der Waals surface area contributed by atoms with Crippen LogP contribution in [0.15, 0.2) is 24.3 Å². The summed E-state index contributed by atoms with van der Waals surface area (Å²) >= 11 is 5.53. The number of para-hydroxylation sites is 2. The van der Waals surface area contributed by atoms with E-state index in [4.69, 9.17) is 12.2 Å². The van der Waals surface area contributed by atoms with Crippen molar-refractivity contribution >= 4 is 23.3 Å². The molecule has 1 aromatic carbocycles. The number of aromatic amines is 1. The third-order valence-electron chi connectivity index (χ3n) is 4.13. The molecule has 2 fully saturated rings. The van der Waals surface area contributed by atoms with E-state index in [1.54, 1.807) is 0 Å². The van der Waals surface area contributed by atoms with Crippen molar-refractivity contribution in [1.82, 2.24) is 9.55 Å². The fraction of sp³-hybridized carbons (Fsp3) is 0.500. The van der Waals surface area contributed by atoms with Crippen molar-refractivity contribution in [3.63, 3.8) is 0 Å². The molecule has 0 unspecified atom stereocenters. The Bertz CT molecular complexity index is 604. The molecule has 0 bridgehead atoms. The van der Waals surface area contributed by atoms with E-state index in [1.807, 2.05) is 0 Å². The average molecular weight is 244 g/mol. The van der Waals surface area contributed by atoms with E-state index < -0.39 is 0 Å². The lowest BCUT2D eigenvalue weighted by Gasteiger charge is -2.18. The first kappa shape index (κ1) is 9.89. The maximum Gasteiger partial charge on any atom is 0.178 e. The molecule has 2 aliphatic carbocycles. The zero-order chi connectivity index (χ0) is 11.4. The summed E-state index contributed by atoms with van der Waals surface area (Å²) in [4.78, 5) is 3.35. The highest BCUT2D eigenvalue weighted by molar-refractivity contribution is 7.71. The smallest absolute Gasteiger partial charge is 0.178 e. The molecular weight excluding hydrogens is 228 g/mol. The fourth-order valence-corrected chi connectivity index (χ4v) is 3.38. The van der Waals surface area contributed by atoms with Crippen molar-refractivity contribution in [3.8, 4) is 0 Å². The van der Waals surface area contributed by atoms with E-state index in [-0.39, 0.29) is 0 Å². The Balaban J connectivity index is 1.93. The monoisotopic (exact) mass is 244 g/mol. The van der Waals surface area contributed by atoms with Crippen molar-refractivity contribution in [1.29, 1.82) is 0 Å². The lowest BCUT2D eigenvalue weighted by Crippen LogP contribution is -2.13. The first-order valence-corrected chi connectivity index (χ1v) is 6.94. The number of benzene rings is 1. The lowest BCUT2D eigenvalue weighted by atomic mass is 10.1. The second kappa shape index (κ2) is 3.45. The largest absolute Gasteiger partial charge is 0.331 e. The number of hydrogen-bond acceptors (Lipinski definition) is 1. The summed E-state index contributed by atoms with van der Waals surface area (Å²) in [5, 5.41) is 0. The number of imidazole rings is 1. The zero-order valence-corrected chi connectivity index (χ0v) is 10.5. The summed E-state index contributed by atoms with van der Waals surface area (Å²) < 4.78 is 3.31. The molecule has 0 amide bonds. The van der Waals surface area contributed by atoms with E-state index in [0.717, 1.165) is 16.6 Å². The van der Waals surface area contributed by atoms with Crippen molar-refractivity contribution in [2.24, 2.45) is 11.8 Å². The van der Waals surface area contributed by atoms with Crippen LogP contribution in [-0.4, -0.2) is 9.55 Å². The van der Waals surface area contributed by atoms with Gasteiger partial charge in [-0.2, -0.15) is 0 Å². The van der Waals surface area contributed by atoms with Gasteiger partial charge in [-0.15, -0.1) is 0 Å². The van der Waals surface area contributed by atoms with Crippen LogP contribution in [0.5, 0.6) is 0 Å². The van der Waals surface area contributed by atoms with Crippen LogP contribution in [0, 0.1) is 16.6 Å². The van der Waals surface area contributed by atoms with Crippen LogP contribution in [0.4, 0.5) is 0 Å². The molecule has 0 aliphatic heterocycles. The van der Waals surface area contributed by atoms with Gasteiger partial charge in [0.2, 0.25) is 0 Å². The number of nitrogens with one attached hydrogen (secondary N) is 1. The van der Waals surface area contributed by atoms with Crippen LogP contribution >= 0.6 is 12.2 Å². The van der Waals surface area contributed by atoms with Crippen LogP contribution < -0.4 is 0 Å². The van der Waals surface area contributed by atoms with E-state index >= 15 is 0 Å². The normalized spacial score (nSPS) is 20.3. The van der Waals surface area contributed by atoms with Gasteiger partial charge < -0.3 is 9.55 Å². The van der Waals surface area contributed by atoms with E-state index in [9.17, 15) is 0 Å². The standard InChI is InChI=1S/C14H16N2S/c17-14-15-11-3-1-2-4-12(11)16(14)13(9-5-6-9)10-7-8-10/h1-4,9-10,13H,5-8H2,(H,15,17). The van der Waals surface area contributed by atoms with Gasteiger partial charge in [0, 0.05) is 6.04 Å². The third kappa shape index (κ3) is 1.56. The second-order valence-electron chi connectivity index (χ2n) is 5.48. The van der Waals surface area contributed by atoms with Crippen molar-refractivity contribution < 1.29 is 0 Å². The Morgan fingerprint density at radius 1 is 1.12 bits per heavy atom. The van der Waals surface area contributed by atoms with Crippen LogP contribution in [0.1, 0.15) is 31.7 Å². The highest BCUT2D eigenvalue weighted by atomic mass is 32.1. The summed E-state index contributed by atoms with van der Waals surface area (Å²) in [7, 11) is 0. The van der Waals surface area contributed by atoms with E-state index in [1.165, 1.54) is 36.7 Å². The minimum absolute atomic E-state index is 0.665. The molecule has 2 saturated carbocycles. The molecule has 4 rings (SSSR count). The Morgan fingerprint density at radius 3 is 2.41 bits per heavy atom. The van der Waals surface area contributed by atoms with E-state index in [2.05, 4.69) is 33.8 Å². The SMILES string of the molecule is S=c1[nH]c2ccccc2n1C(C1CC1)C1CC1. The Labute approximate surface area is 106 Å². The molecule has 88 valence electrons. The summed E-state index contributed by atoms with van der Waals surface area (Å²) in [5.41, 5.74) is 2.48. The van der Waals surface area contributed by atoms with Crippen LogP contribution in [0.3, 0.4) is 0 Å². The molecule has 1 N–H and O–H groups in total. The number of nitrogens with zero attached hydrogens (tertiary/aromatic N) is 1. The van der Waals surface area contributed by atoms with Gasteiger partial charge in [-0.1, -0.05) is 12.1 Å². The predicted octanol–water partition coefficient (Wildman–Crippen LogP) is 4.06. The lowest BCUT2D eigenvalue weighted by molar-refractivity contribution is 0.400. The van der Waals surface area contributed by atoms with Crippen LogP contribution in [-0.2, 0) is 0 Å². The summed E-state index contributed by atoms with van der Waals surface area (Å²) in [6.07, 6.45) is 5.57. The summed E-state index contributed by atoms with van der Waals surface area (Å²) in [5.74, 6) is 1.77. The number of hydrogen-bond donors (Lipinski definition) is 1. The molecule has 0 spiro atoms. The number of fused-ring (bicyclic) bond motifs is 1. The molecule has 2 nitrogen and oxygen atoms in total. The van der Waals surface area contributed by atoms with Gasteiger partial charge >= 0.3 is 0 Å². The van der Waals surface area contributed by atoms with Crippen molar-refractivity contribution in [2.45, 2.75) is 31.7 Å². The maximum absolute atomic E-state index is 5.53.